The van der Waals surface area contributed by atoms with Crippen molar-refractivity contribution in [1.29, 1.82) is 0 Å². The van der Waals surface area contributed by atoms with Crippen LogP contribution in [0.25, 0.3) is 23.7 Å². The molecule has 0 amide bonds. The van der Waals surface area contributed by atoms with Gasteiger partial charge in [-0.15, -0.1) is 5.10 Å². The lowest BCUT2D eigenvalue weighted by Crippen LogP contribution is -1.97. The molecular weight excluding hydrogens is 342 g/mol. The van der Waals surface area contributed by atoms with Gasteiger partial charge < -0.3 is 14.3 Å². The Kier molecular flexibility index (Phi) is 5.20. The molecule has 0 saturated carbocycles. The molecule has 0 aliphatic heterocycles. The maximum Gasteiger partial charge on any atom is 0.313 e. The molecule has 7 nitrogen and oxygen atoms in total. The molecule has 0 fully saturated rings. The number of aromatic amines is 1. The molecular formula is C17H15N3O4S. The lowest BCUT2D eigenvalue weighted by molar-refractivity contribution is -0.133. The minimum atomic E-state index is -0.916. The predicted molar refractivity (Wildman–Crippen MR) is 94.4 cm³/mol. The second-order valence-corrected chi connectivity index (χ2v) is 5.90. The third kappa shape index (κ3) is 4.51. The zero-order valence-corrected chi connectivity index (χ0v) is 14.1. The summed E-state index contributed by atoms with van der Waals surface area (Å²) >= 11 is 1.04. The standard InChI is InChI=1S/C17H15N3O4S/c1-23-12-5-2-11(3-6-12)4-7-13-8-9-14(24-13)16-18-17(20-19-16)25-10-15(21)22/h2-9H,10H2,1H3,(H,21,22)(H,18,19,20). The summed E-state index contributed by atoms with van der Waals surface area (Å²) in [7, 11) is 1.63. The van der Waals surface area contributed by atoms with Crippen LogP contribution in [0.15, 0.2) is 46.0 Å². The van der Waals surface area contributed by atoms with Crippen LogP contribution in [0.1, 0.15) is 11.3 Å². The van der Waals surface area contributed by atoms with Gasteiger partial charge in [-0.1, -0.05) is 30.0 Å². The number of aliphatic carboxylic acids is 1. The summed E-state index contributed by atoms with van der Waals surface area (Å²) in [4.78, 5) is 14.8. The predicted octanol–water partition coefficient (Wildman–Crippen LogP) is 3.42. The molecule has 1 aromatic carbocycles. The number of H-pyrrole nitrogens is 1. The molecule has 3 rings (SSSR count). The number of carboxylic acid groups (broad SMARTS) is 1. The summed E-state index contributed by atoms with van der Waals surface area (Å²) in [6.45, 7) is 0. The summed E-state index contributed by atoms with van der Waals surface area (Å²) < 4.78 is 10.8. The maximum absolute atomic E-state index is 10.6. The van der Waals surface area contributed by atoms with Gasteiger partial charge in [-0.05, 0) is 35.9 Å². The molecule has 25 heavy (non-hydrogen) atoms. The van der Waals surface area contributed by atoms with E-state index in [4.69, 9.17) is 14.3 Å². The van der Waals surface area contributed by atoms with Gasteiger partial charge in [-0.25, -0.2) is 0 Å². The molecule has 0 unspecified atom stereocenters. The number of hydrogen-bond donors (Lipinski definition) is 2. The van der Waals surface area contributed by atoms with E-state index in [1.807, 2.05) is 42.5 Å². The van der Waals surface area contributed by atoms with Gasteiger partial charge in [0.05, 0.1) is 12.9 Å². The Bertz CT molecular complexity index is 883. The van der Waals surface area contributed by atoms with Gasteiger partial charge >= 0.3 is 5.97 Å². The fourth-order valence-corrected chi connectivity index (χ4v) is 2.53. The average molecular weight is 357 g/mol. The van der Waals surface area contributed by atoms with E-state index in [0.29, 0.717) is 22.5 Å². The van der Waals surface area contributed by atoms with Crippen molar-refractivity contribution in [2.75, 3.05) is 12.9 Å². The minimum Gasteiger partial charge on any atom is -0.497 e. The Morgan fingerprint density at radius 3 is 2.80 bits per heavy atom. The molecule has 2 aromatic heterocycles. The third-order valence-electron chi connectivity index (χ3n) is 3.21. The van der Waals surface area contributed by atoms with Gasteiger partial charge in [-0.2, -0.15) is 4.98 Å². The molecule has 0 radical (unpaired) electrons. The van der Waals surface area contributed by atoms with Crippen LogP contribution in [-0.4, -0.2) is 39.1 Å². The Balaban J connectivity index is 1.67. The number of ether oxygens (including phenoxy) is 1. The van der Waals surface area contributed by atoms with E-state index in [-0.39, 0.29) is 5.75 Å². The number of furan rings is 1. The molecule has 0 saturated heterocycles. The highest BCUT2D eigenvalue weighted by molar-refractivity contribution is 7.99. The number of methoxy groups -OCH3 is 1. The largest absolute Gasteiger partial charge is 0.497 e. The number of carbonyl (C=O) groups is 1. The molecule has 0 spiro atoms. The highest BCUT2D eigenvalue weighted by Gasteiger charge is 2.11. The number of hydrogen-bond acceptors (Lipinski definition) is 6. The van der Waals surface area contributed by atoms with E-state index in [1.54, 1.807) is 13.2 Å². The van der Waals surface area contributed by atoms with Crippen molar-refractivity contribution in [1.82, 2.24) is 15.2 Å². The van der Waals surface area contributed by atoms with E-state index in [1.165, 1.54) is 0 Å². The highest BCUT2D eigenvalue weighted by atomic mass is 32.2. The second-order valence-electron chi connectivity index (χ2n) is 4.96. The number of benzene rings is 1. The first-order valence-electron chi connectivity index (χ1n) is 7.33. The minimum absolute atomic E-state index is 0.0920. The lowest BCUT2D eigenvalue weighted by atomic mass is 10.2. The van der Waals surface area contributed by atoms with Crippen molar-refractivity contribution in [3.05, 3.63) is 47.7 Å². The van der Waals surface area contributed by atoms with Crippen molar-refractivity contribution in [2.45, 2.75) is 5.16 Å². The van der Waals surface area contributed by atoms with Gasteiger partial charge in [0.15, 0.2) is 11.6 Å². The maximum atomic E-state index is 10.6. The quantitative estimate of drug-likeness (QED) is 0.625. The first-order valence-corrected chi connectivity index (χ1v) is 8.32. The van der Waals surface area contributed by atoms with E-state index in [0.717, 1.165) is 23.1 Å². The molecule has 8 heteroatoms. The first-order chi connectivity index (χ1) is 12.1. The molecule has 0 atom stereocenters. The highest BCUT2D eigenvalue weighted by Crippen LogP contribution is 2.22. The van der Waals surface area contributed by atoms with Gasteiger partial charge in [0.2, 0.25) is 5.16 Å². The van der Waals surface area contributed by atoms with Crippen LogP contribution in [-0.2, 0) is 4.79 Å². The van der Waals surface area contributed by atoms with Crippen LogP contribution in [0.4, 0.5) is 0 Å². The zero-order valence-electron chi connectivity index (χ0n) is 13.3. The van der Waals surface area contributed by atoms with Crippen LogP contribution in [0.2, 0.25) is 0 Å². The number of rotatable bonds is 7. The van der Waals surface area contributed by atoms with Crippen LogP contribution >= 0.6 is 11.8 Å². The van der Waals surface area contributed by atoms with Crippen molar-refractivity contribution < 1.29 is 19.1 Å². The third-order valence-corrected chi connectivity index (χ3v) is 4.04. The first kappa shape index (κ1) is 16.8. The fourth-order valence-electron chi connectivity index (χ4n) is 2.01. The summed E-state index contributed by atoms with van der Waals surface area (Å²) in [5.41, 5.74) is 1.02. The molecule has 0 aliphatic rings. The van der Waals surface area contributed by atoms with Crippen LogP contribution in [0.5, 0.6) is 5.75 Å². The van der Waals surface area contributed by atoms with Crippen molar-refractivity contribution in [3.63, 3.8) is 0 Å². The van der Waals surface area contributed by atoms with Crippen molar-refractivity contribution in [3.8, 4) is 17.3 Å². The summed E-state index contributed by atoms with van der Waals surface area (Å²) in [5, 5.41) is 15.7. The van der Waals surface area contributed by atoms with E-state index < -0.39 is 5.97 Å². The van der Waals surface area contributed by atoms with Gasteiger partial charge in [-0.3, -0.25) is 9.89 Å². The smallest absolute Gasteiger partial charge is 0.313 e. The number of nitrogens with one attached hydrogen (secondary N) is 1. The monoisotopic (exact) mass is 357 g/mol. The Hall–Kier alpha value is -3.00. The van der Waals surface area contributed by atoms with Gasteiger partial charge in [0.25, 0.3) is 0 Å². The summed E-state index contributed by atoms with van der Waals surface area (Å²) in [6, 6.07) is 11.3. The summed E-state index contributed by atoms with van der Waals surface area (Å²) in [5.74, 6) is 1.45. The van der Waals surface area contributed by atoms with E-state index in [2.05, 4.69) is 15.2 Å². The Morgan fingerprint density at radius 2 is 2.08 bits per heavy atom. The molecule has 2 N–H and O–H groups in total. The molecule has 128 valence electrons. The van der Waals surface area contributed by atoms with E-state index >= 15 is 0 Å². The van der Waals surface area contributed by atoms with Crippen molar-refractivity contribution in [2.24, 2.45) is 0 Å². The van der Waals surface area contributed by atoms with Gasteiger partial charge in [0.1, 0.15) is 11.5 Å². The summed E-state index contributed by atoms with van der Waals surface area (Å²) in [6.07, 6.45) is 3.78. The Labute approximate surface area is 147 Å². The SMILES string of the molecule is COc1ccc(C=Cc2ccc(-c3nc(SCC(=O)O)n[nH]3)o2)cc1. The number of nitrogens with zero attached hydrogens (tertiary/aromatic N) is 2. The second kappa shape index (κ2) is 7.71. The lowest BCUT2D eigenvalue weighted by Gasteiger charge is -1.98. The molecule has 0 bridgehead atoms. The van der Waals surface area contributed by atoms with E-state index in [9.17, 15) is 4.79 Å². The molecule has 0 aliphatic carbocycles. The number of aromatic nitrogens is 3. The van der Waals surface area contributed by atoms with Crippen LogP contribution in [0, 0.1) is 0 Å². The van der Waals surface area contributed by atoms with Crippen LogP contribution < -0.4 is 4.74 Å². The van der Waals surface area contributed by atoms with Crippen molar-refractivity contribution >= 4 is 29.9 Å². The normalized spacial score (nSPS) is 11.1. The zero-order chi connectivity index (χ0) is 17.6. The average Bonchev–Trinajstić information content (AvgIpc) is 3.27. The van der Waals surface area contributed by atoms with Crippen LogP contribution in [0.3, 0.4) is 0 Å². The number of thioether (sulfide) groups is 1. The van der Waals surface area contributed by atoms with Gasteiger partial charge in [0, 0.05) is 0 Å². The Morgan fingerprint density at radius 1 is 1.28 bits per heavy atom. The molecule has 2 heterocycles. The fraction of sp³-hybridized carbons (Fsp3) is 0.118. The topological polar surface area (TPSA) is 101 Å². The number of carboxylic acids is 1. The molecule has 3 aromatic rings.